The van der Waals surface area contributed by atoms with Gasteiger partial charge in [-0.3, -0.25) is 0 Å². The van der Waals surface area contributed by atoms with Gasteiger partial charge in [-0.05, 0) is 36.0 Å². The Morgan fingerprint density at radius 2 is 1.33 bits per heavy atom. The van der Waals surface area contributed by atoms with Crippen LogP contribution < -0.4 is 0 Å². The molecule has 0 aromatic rings. The zero-order chi connectivity index (χ0) is 12.0. The van der Waals surface area contributed by atoms with Gasteiger partial charge < -0.3 is 0 Å². The molecule has 0 bridgehead atoms. The van der Waals surface area contributed by atoms with Crippen LogP contribution in [0.4, 0.5) is 0 Å². The second kappa shape index (κ2) is 7.30. The van der Waals surface area contributed by atoms with Gasteiger partial charge in [-0.2, -0.15) is 0 Å². The molecule has 0 saturated carbocycles. The molecule has 0 heteroatoms. The summed E-state index contributed by atoms with van der Waals surface area (Å²) in [6.07, 6.45) is 4.08. The van der Waals surface area contributed by atoms with Crippen LogP contribution in [-0.4, -0.2) is 0 Å². The number of hydrogen-bond donors (Lipinski definition) is 0. The van der Waals surface area contributed by atoms with E-state index in [2.05, 4.69) is 48.5 Å². The van der Waals surface area contributed by atoms with E-state index < -0.39 is 0 Å². The second-order valence-electron chi connectivity index (χ2n) is 5.90. The van der Waals surface area contributed by atoms with E-state index in [0.29, 0.717) is 0 Å². The lowest BCUT2D eigenvalue weighted by molar-refractivity contribution is 0.164. The zero-order valence-electron chi connectivity index (χ0n) is 12.0. The summed E-state index contributed by atoms with van der Waals surface area (Å²) in [5.41, 5.74) is 0. The molecular formula is C15H32. The highest BCUT2D eigenvalue weighted by Gasteiger charge is 2.25. The van der Waals surface area contributed by atoms with Gasteiger partial charge in [0.05, 0.1) is 0 Å². The van der Waals surface area contributed by atoms with Gasteiger partial charge >= 0.3 is 0 Å². The largest absolute Gasteiger partial charge is 0.0651 e. The quantitative estimate of drug-likeness (QED) is 0.531. The summed E-state index contributed by atoms with van der Waals surface area (Å²) in [6.45, 7) is 16.7. The molecule has 0 aromatic heterocycles. The fraction of sp³-hybridized carbons (Fsp3) is 1.00. The van der Waals surface area contributed by atoms with Crippen molar-refractivity contribution in [1.29, 1.82) is 0 Å². The van der Waals surface area contributed by atoms with Crippen molar-refractivity contribution in [1.82, 2.24) is 0 Å². The molecule has 15 heavy (non-hydrogen) atoms. The molecule has 0 rings (SSSR count). The third-order valence-electron chi connectivity index (χ3n) is 4.47. The maximum absolute atomic E-state index is 2.45. The van der Waals surface area contributed by atoms with E-state index in [-0.39, 0.29) is 0 Å². The van der Waals surface area contributed by atoms with Gasteiger partial charge in [-0.1, -0.05) is 61.3 Å². The molecular weight excluding hydrogens is 180 g/mol. The van der Waals surface area contributed by atoms with Crippen molar-refractivity contribution >= 4 is 0 Å². The Morgan fingerprint density at radius 3 is 1.67 bits per heavy atom. The lowest BCUT2D eigenvalue weighted by Gasteiger charge is -2.33. The summed E-state index contributed by atoms with van der Waals surface area (Å²) < 4.78 is 0. The predicted molar refractivity (Wildman–Crippen MR) is 71.0 cm³/mol. The van der Waals surface area contributed by atoms with E-state index in [0.717, 1.165) is 29.6 Å². The highest BCUT2D eigenvalue weighted by atomic mass is 14.3. The Balaban J connectivity index is 4.43. The molecule has 0 aromatic carbocycles. The summed E-state index contributed by atoms with van der Waals surface area (Å²) in [5.74, 6) is 4.40. The van der Waals surface area contributed by atoms with E-state index in [9.17, 15) is 0 Å². The van der Waals surface area contributed by atoms with Crippen molar-refractivity contribution in [3.8, 4) is 0 Å². The van der Waals surface area contributed by atoms with Crippen LogP contribution in [0.5, 0.6) is 0 Å². The third-order valence-corrected chi connectivity index (χ3v) is 4.47. The van der Waals surface area contributed by atoms with Crippen LogP contribution in [0.1, 0.15) is 67.7 Å². The van der Waals surface area contributed by atoms with E-state index >= 15 is 0 Å². The summed E-state index contributed by atoms with van der Waals surface area (Å²) >= 11 is 0. The Bertz CT molecular complexity index is 148. The maximum Gasteiger partial charge on any atom is -0.0358 e. The Kier molecular flexibility index (Phi) is 7.30. The first-order valence-electron chi connectivity index (χ1n) is 6.93. The lowest BCUT2D eigenvalue weighted by Crippen LogP contribution is -2.25. The molecule has 0 amide bonds. The fourth-order valence-corrected chi connectivity index (χ4v) is 2.39. The minimum atomic E-state index is 0.827. The van der Waals surface area contributed by atoms with Crippen molar-refractivity contribution < 1.29 is 0 Å². The minimum Gasteiger partial charge on any atom is -0.0651 e. The minimum absolute atomic E-state index is 0.827. The summed E-state index contributed by atoms with van der Waals surface area (Å²) in [4.78, 5) is 0. The van der Waals surface area contributed by atoms with E-state index in [1.165, 1.54) is 19.3 Å². The average molecular weight is 212 g/mol. The van der Waals surface area contributed by atoms with Gasteiger partial charge in [0.15, 0.2) is 0 Å². The SMILES string of the molecule is CCC(C)CC(C(C)CC)C(C)C(C)C. The van der Waals surface area contributed by atoms with Gasteiger partial charge in [-0.25, -0.2) is 0 Å². The first-order valence-corrected chi connectivity index (χ1v) is 6.93. The number of rotatable bonds is 7. The highest BCUT2D eigenvalue weighted by molar-refractivity contribution is 4.75. The zero-order valence-corrected chi connectivity index (χ0v) is 12.0. The van der Waals surface area contributed by atoms with E-state index in [4.69, 9.17) is 0 Å². The van der Waals surface area contributed by atoms with E-state index in [1.807, 2.05) is 0 Å². The Morgan fingerprint density at radius 1 is 0.800 bits per heavy atom. The van der Waals surface area contributed by atoms with Gasteiger partial charge in [-0.15, -0.1) is 0 Å². The van der Waals surface area contributed by atoms with Crippen LogP contribution in [0.25, 0.3) is 0 Å². The van der Waals surface area contributed by atoms with Gasteiger partial charge in [0.25, 0.3) is 0 Å². The van der Waals surface area contributed by atoms with Crippen LogP contribution in [0.2, 0.25) is 0 Å². The van der Waals surface area contributed by atoms with Gasteiger partial charge in [0, 0.05) is 0 Å². The molecule has 0 aliphatic rings. The third kappa shape index (κ3) is 5.04. The molecule has 0 aliphatic heterocycles. The monoisotopic (exact) mass is 212 g/mol. The molecule has 0 spiro atoms. The maximum atomic E-state index is 2.45. The van der Waals surface area contributed by atoms with E-state index in [1.54, 1.807) is 0 Å². The summed E-state index contributed by atoms with van der Waals surface area (Å²) in [6, 6.07) is 0. The standard InChI is InChI=1S/C15H32/c1-8-12(5)10-15(13(6)9-2)14(7)11(3)4/h11-15H,8-10H2,1-7H3. The van der Waals surface area contributed by atoms with Crippen LogP contribution in [0.3, 0.4) is 0 Å². The summed E-state index contributed by atoms with van der Waals surface area (Å²) in [5, 5.41) is 0. The predicted octanol–water partition coefficient (Wildman–Crippen LogP) is 5.38. The molecule has 0 fully saturated rings. The Labute approximate surface area is 97.8 Å². The Hall–Kier alpha value is 0. The normalized spacial score (nSPS) is 20.0. The molecule has 4 atom stereocenters. The molecule has 4 unspecified atom stereocenters. The molecule has 0 N–H and O–H groups in total. The van der Waals surface area contributed by atoms with Crippen molar-refractivity contribution in [3.05, 3.63) is 0 Å². The molecule has 92 valence electrons. The van der Waals surface area contributed by atoms with Gasteiger partial charge in [0.1, 0.15) is 0 Å². The first-order chi connectivity index (χ1) is 6.93. The molecule has 0 radical (unpaired) electrons. The van der Waals surface area contributed by atoms with Crippen molar-refractivity contribution in [3.63, 3.8) is 0 Å². The van der Waals surface area contributed by atoms with Crippen LogP contribution >= 0.6 is 0 Å². The van der Waals surface area contributed by atoms with Gasteiger partial charge in [0.2, 0.25) is 0 Å². The molecule has 0 heterocycles. The van der Waals surface area contributed by atoms with Crippen LogP contribution in [-0.2, 0) is 0 Å². The second-order valence-corrected chi connectivity index (χ2v) is 5.90. The smallest absolute Gasteiger partial charge is 0.0358 e. The van der Waals surface area contributed by atoms with Crippen LogP contribution in [0.15, 0.2) is 0 Å². The van der Waals surface area contributed by atoms with Crippen molar-refractivity contribution in [2.45, 2.75) is 67.7 Å². The fourth-order valence-electron chi connectivity index (χ4n) is 2.39. The molecule has 0 nitrogen and oxygen atoms in total. The highest BCUT2D eigenvalue weighted by Crippen LogP contribution is 2.34. The first kappa shape index (κ1) is 15.0. The van der Waals surface area contributed by atoms with Crippen molar-refractivity contribution in [2.24, 2.45) is 29.6 Å². The topological polar surface area (TPSA) is 0 Å². The van der Waals surface area contributed by atoms with Crippen molar-refractivity contribution in [2.75, 3.05) is 0 Å². The van der Waals surface area contributed by atoms with Crippen LogP contribution in [0, 0.1) is 29.6 Å². The molecule has 0 aliphatic carbocycles. The number of hydrogen-bond acceptors (Lipinski definition) is 0. The molecule has 0 saturated heterocycles. The average Bonchev–Trinajstić information content (AvgIpc) is 2.23. The summed E-state index contributed by atoms with van der Waals surface area (Å²) in [7, 11) is 0. The lowest BCUT2D eigenvalue weighted by atomic mass is 9.72.